The van der Waals surface area contributed by atoms with Gasteiger partial charge in [-0.15, -0.1) is 0 Å². The Bertz CT molecular complexity index is 550. The van der Waals surface area contributed by atoms with Gasteiger partial charge in [0.25, 0.3) is 5.69 Å². The fraction of sp³-hybridized carbons (Fsp3) is 0.500. The van der Waals surface area contributed by atoms with E-state index in [4.69, 9.17) is 5.73 Å². The minimum atomic E-state index is -0.711. The average molecular weight is 295 g/mol. The molecule has 2 atom stereocenters. The summed E-state index contributed by atoms with van der Waals surface area (Å²) in [5.41, 5.74) is 5.26. The average Bonchev–Trinajstić information content (AvgIpc) is 2.48. The first-order valence-electron chi connectivity index (χ1n) is 6.97. The van der Waals surface area contributed by atoms with Crippen LogP contribution in [0.2, 0.25) is 0 Å². The van der Waals surface area contributed by atoms with Gasteiger partial charge >= 0.3 is 0 Å². The first-order chi connectivity index (χ1) is 10.0. The molecule has 0 saturated heterocycles. The van der Waals surface area contributed by atoms with Gasteiger partial charge in [0.05, 0.1) is 11.0 Å². The van der Waals surface area contributed by atoms with Crippen LogP contribution in [0.4, 0.5) is 15.8 Å². The lowest BCUT2D eigenvalue weighted by atomic mass is 9.78. The number of halogens is 1. The number of nitrogens with two attached hydrogens (primary N) is 1. The van der Waals surface area contributed by atoms with E-state index in [0.29, 0.717) is 6.54 Å². The lowest BCUT2D eigenvalue weighted by Gasteiger charge is -2.29. The zero-order chi connectivity index (χ0) is 15.4. The maximum absolute atomic E-state index is 13.1. The van der Waals surface area contributed by atoms with Crippen LogP contribution in [0, 0.1) is 27.8 Å². The Hall–Kier alpha value is -2.02. The fourth-order valence-corrected chi connectivity index (χ4v) is 2.82. The van der Waals surface area contributed by atoms with Gasteiger partial charge < -0.3 is 11.1 Å². The molecular weight excluding hydrogens is 277 g/mol. The van der Waals surface area contributed by atoms with E-state index >= 15 is 0 Å². The molecular formula is C14H18FN3O3. The molecule has 21 heavy (non-hydrogen) atoms. The molecule has 1 aromatic rings. The van der Waals surface area contributed by atoms with Crippen molar-refractivity contribution < 1.29 is 14.1 Å². The number of anilines is 1. The highest BCUT2D eigenvalue weighted by Crippen LogP contribution is 2.32. The summed E-state index contributed by atoms with van der Waals surface area (Å²) in [6.07, 6.45) is 3.60. The summed E-state index contributed by atoms with van der Waals surface area (Å²) in [6, 6.07) is 3.10. The normalized spacial score (nSPS) is 21.8. The summed E-state index contributed by atoms with van der Waals surface area (Å²) in [4.78, 5) is 22.5. The molecule has 0 radical (unpaired) electrons. The summed E-state index contributed by atoms with van der Waals surface area (Å²) in [6.45, 7) is 0.420. The third kappa shape index (κ3) is 3.55. The smallest absolute Gasteiger partial charge is 0.295 e. The summed E-state index contributed by atoms with van der Waals surface area (Å²) in [7, 11) is 0. The maximum atomic E-state index is 13.1. The number of carbonyl (C=O) groups excluding carboxylic acids is 1. The molecule has 0 aromatic heterocycles. The van der Waals surface area contributed by atoms with Gasteiger partial charge in [-0.05, 0) is 37.4 Å². The number of carbonyl (C=O) groups is 1. The molecule has 114 valence electrons. The molecule has 1 amide bonds. The molecule has 2 rings (SSSR count). The summed E-state index contributed by atoms with van der Waals surface area (Å²) in [5, 5.41) is 13.5. The van der Waals surface area contributed by atoms with Gasteiger partial charge in [-0.1, -0.05) is 12.8 Å². The predicted octanol–water partition coefficient (Wildman–Crippen LogP) is 2.44. The molecule has 1 fully saturated rings. The van der Waals surface area contributed by atoms with E-state index in [0.717, 1.165) is 37.8 Å². The summed E-state index contributed by atoms with van der Waals surface area (Å²) in [5.74, 6) is -1.14. The number of benzene rings is 1. The molecule has 0 aliphatic heterocycles. The largest absolute Gasteiger partial charge is 0.330 e. The second-order valence-electron chi connectivity index (χ2n) is 5.29. The predicted molar refractivity (Wildman–Crippen MR) is 76.2 cm³/mol. The number of nitrogens with zero attached hydrogens (tertiary/aromatic N) is 1. The molecule has 6 nitrogen and oxygen atoms in total. The van der Waals surface area contributed by atoms with Gasteiger partial charge in [-0.2, -0.15) is 0 Å². The minimum Gasteiger partial charge on any atom is -0.330 e. The van der Waals surface area contributed by atoms with Crippen molar-refractivity contribution in [2.45, 2.75) is 25.7 Å². The van der Waals surface area contributed by atoms with E-state index in [1.54, 1.807) is 0 Å². The number of amides is 1. The van der Waals surface area contributed by atoms with Gasteiger partial charge in [0.1, 0.15) is 11.5 Å². The van der Waals surface area contributed by atoms with Gasteiger partial charge in [-0.25, -0.2) is 4.39 Å². The van der Waals surface area contributed by atoms with Gasteiger partial charge in [0, 0.05) is 5.92 Å². The molecule has 2 unspecified atom stereocenters. The first kappa shape index (κ1) is 15.4. The van der Waals surface area contributed by atoms with Crippen molar-refractivity contribution in [2.24, 2.45) is 17.6 Å². The van der Waals surface area contributed by atoms with Crippen molar-refractivity contribution in [2.75, 3.05) is 11.9 Å². The Morgan fingerprint density at radius 1 is 1.43 bits per heavy atom. The molecule has 1 aliphatic rings. The van der Waals surface area contributed by atoms with Crippen molar-refractivity contribution in [3.05, 3.63) is 34.1 Å². The van der Waals surface area contributed by atoms with E-state index < -0.39 is 16.4 Å². The van der Waals surface area contributed by atoms with Crippen LogP contribution < -0.4 is 11.1 Å². The van der Waals surface area contributed by atoms with Gasteiger partial charge in [0.15, 0.2) is 0 Å². The topological polar surface area (TPSA) is 98.3 Å². The fourth-order valence-electron chi connectivity index (χ4n) is 2.82. The molecule has 0 heterocycles. The Morgan fingerprint density at radius 3 is 2.81 bits per heavy atom. The summed E-state index contributed by atoms with van der Waals surface area (Å²) < 4.78 is 13.1. The van der Waals surface area contributed by atoms with Crippen LogP contribution in [0.1, 0.15) is 25.7 Å². The molecule has 7 heteroatoms. The zero-order valence-corrected chi connectivity index (χ0v) is 11.5. The highest BCUT2D eigenvalue weighted by Gasteiger charge is 2.31. The third-order valence-electron chi connectivity index (χ3n) is 3.96. The van der Waals surface area contributed by atoms with Crippen molar-refractivity contribution in [1.29, 1.82) is 0 Å². The third-order valence-corrected chi connectivity index (χ3v) is 3.96. The molecule has 0 bridgehead atoms. The van der Waals surface area contributed by atoms with Crippen LogP contribution in [0.25, 0.3) is 0 Å². The molecule has 1 aliphatic carbocycles. The van der Waals surface area contributed by atoms with Crippen LogP contribution >= 0.6 is 0 Å². The summed E-state index contributed by atoms with van der Waals surface area (Å²) >= 11 is 0. The Balaban J connectivity index is 2.17. The van der Waals surface area contributed by atoms with Crippen LogP contribution in [0.5, 0.6) is 0 Å². The minimum absolute atomic E-state index is 0.0211. The Labute approximate surface area is 121 Å². The lowest BCUT2D eigenvalue weighted by molar-refractivity contribution is -0.384. The second kappa shape index (κ2) is 6.62. The van der Waals surface area contributed by atoms with Crippen molar-refractivity contribution in [3.8, 4) is 0 Å². The Kier molecular flexibility index (Phi) is 4.85. The maximum Gasteiger partial charge on any atom is 0.295 e. The molecule has 1 aromatic carbocycles. The number of rotatable bonds is 4. The molecule has 3 N–H and O–H groups in total. The van der Waals surface area contributed by atoms with Crippen LogP contribution in [-0.4, -0.2) is 17.4 Å². The van der Waals surface area contributed by atoms with E-state index in [2.05, 4.69) is 5.32 Å². The molecule has 1 saturated carbocycles. The number of hydrogen-bond acceptors (Lipinski definition) is 4. The van der Waals surface area contributed by atoms with Crippen LogP contribution in [0.15, 0.2) is 18.2 Å². The van der Waals surface area contributed by atoms with Gasteiger partial charge in [-0.3, -0.25) is 14.9 Å². The van der Waals surface area contributed by atoms with Crippen LogP contribution in [0.3, 0.4) is 0 Å². The number of nitro groups is 1. The molecule has 0 spiro atoms. The second-order valence-corrected chi connectivity index (χ2v) is 5.29. The zero-order valence-electron chi connectivity index (χ0n) is 11.5. The van der Waals surface area contributed by atoms with Crippen molar-refractivity contribution in [3.63, 3.8) is 0 Å². The highest BCUT2D eigenvalue weighted by atomic mass is 19.1. The number of nitro benzene ring substituents is 1. The Morgan fingerprint density at radius 2 is 2.14 bits per heavy atom. The van der Waals surface area contributed by atoms with Gasteiger partial charge in [0.2, 0.25) is 5.91 Å². The number of hydrogen-bond donors (Lipinski definition) is 2. The standard InChI is InChI=1S/C14H18FN3O3/c15-10-5-6-12(13(7-10)18(20)21)17-14(19)11-4-2-1-3-9(11)8-16/h5-7,9,11H,1-4,8,16H2,(H,17,19). The van der Waals surface area contributed by atoms with E-state index in [1.807, 2.05) is 0 Å². The highest BCUT2D eigenvalue weighted by molar-refractivity contribution is 5.94. The SMILES string of the molecule is NCC1CCCCC1C(=O)Nc1ccc(F)cc1[N+](=O)[O-]. The van der Waals surface area contributed by atoms with Crippen molar-refractivity contribution in [1.82, 2.24) is 0 Å². The van der Waals surface area contributed by atoms with Crippen molar-refractivity contribution >= 4 is 17.3 Å². The van der Waals surface area contributed by atoms with E-state index in [-0.39, 0.29) is 23.4 Å². The monoisotopic (exact) mass is 295 g/mol. The van der Waals surface area contributed by atoms with E-state index in [9.17, 15) is 19.3 Å². The number of nitrogens with one attached hydrogen (secondary N) is 1. The first-order valence-corrected chi connectivity index (χ1v) is 6.97. The van der Waals surface area contributed by atoms with E-state index in [1.165, 1.54) is 6.07 Å². The van der Waals surface area contributed by atoms with Crippen LogP contribution in [-0.2, 0) is 4.79 Å². The quantitative estimate of drug-likeness (QED) is 0.658. The lowest BCUT2D eigenvalue weighted by Crippen LogP contribution is -2.35.